The molecule has 1 aliphatic heterocycles. The number of esters is 1. The molecule has 0 saturated carbocycles. The fraction of sp³-hybridized carbons (Fsp3) is 0.360. The van der Waals surface area contributed by atoms with Gasteiger partial charge in [0, 0.05) is 18.5 Å². The molecule has 1 N–H and O–H groups in total. The summed E-state index contributed by atoms with van der Waals surface area (Å²) in [4.78, 5) is 43.9. The van der Waals surface area contributed by atoms with Crippen molar-refractivity contribution < 1.29 is 18.7 Å². The smallest absolute Gasteiger partial charge is 0.350 e. The van der Waals surface area contributed by atoms with E-state index in [0.29, 0.717) is 43.9 Å². The molecule has 1 aromatic heterocycles. The summed E-state index contributed by atoms with van der Waals surface area (Å²) in [5.74, 6) is -0.880. The van der Waals surface area contributed by atoms with Crippen molar-refractivity contribution in [2.24, 2.45) is 5.92 Å². The molecule has 3 aromatic rings. The number of hydrogen-bond donors (Lipinski definition) is 1. The van der Waals surface area contributed by atoms with Gasteiger partial charge in [0.25, 0.3) is 0 Å². The molecular weight excluding hydrogens is 439 g/mol. The average molecular weight is 467 g/mol. The number of ether oxygens (including phenoxy) is 1. The zero-order chi connectivity index (χ0) is 24.2. The molecule has 0 atom stereocenters. The standard InChI is InChI=1S/C25H27FN4O4/c1-3-34-24(32)17-10-12-29(13-11-17)23-18-6-4-5-7-21(18)30(25(33)28-23)15-22(31)27-20-9-8-16(2)14-19(20)26/h4-9,14,17H,3,10-13,15H2,1-2H3,(H,27,31). The van der Waals surface area contributed by atoms with Crippen molar-refractivity contribution in [3.63, 3.8) is 0 Å². The number of benzene rings is 2. The van der Waals surface area contributed by atoms with Gasteiger partial charge in [-0.15, -0.1) is 0 Å². The van der Waals surface area contributed by atoms with Crippen LogP contribution in [-0.4, -0.2) is 41.1 Å². The molecule has 2 heterocycles. The third-order valence-electron chi connectivity index (χ3n) is 5.98. The van der Waals surface area contributed by atoms with Crippen molar-refractivity contribution in [2.75, 3.05) is 29.9 Å². The highest BCUT2D eigenvalue weighted by molar-refractivity contribution is 5.94. The van der Waals surface area contributed by atoms with E-state index in [4.69, 9.17) is 4.74 Å². The summed E-state index contributed by atoms with van der Waals surface area (Å²) in [7, 11) is 0. The van der Waals surface area contributed by atoms with Gasteiger partial charge in [-0.05, 0) is 56.5 Å². The van der Waals surface area contributed by atoms with Crippen molar-refractivity contribution in [3.8, 4) is 0 Å². The Balaban J connectivity index is 1.57. The second-order valence-electron chi connectivity index (χ2n) is 8.37. The lowest BCUT2D eigenvalue weighted by atomic mass is 9.97. The molecule has 2 aromatic carbocycles. The molecule has 9 heteroatoms. The number of halogens is 1. The first-order chi connectivity index (χ1) is 16.4. The number of hydrogen-bond acceptors (Lipinski definition) is 6. The van der Waals surface area contributed by atoms with Gasteiger partial charge in [-0.2, -0.15) is 4.98 Å². The highest BCUT2D eigenvalue weighted by Crippen LogP contribution is 2.28. The lowest BCUT2D eigenvalue weighted by molar-refractivity contribution is -0.148. The third kappa shape index (κ3) is 4.93. The fourth-order valence-electron chi connectivity index (χ4n) is 4.25. The second-order valence-corrected chi connectivity index (χ2v) is 8.37. The normalized spacial score (nSPS) is 14.3. The molecule has 1 saturated heterocycles. The van der Waals surface area contributed by atoms with E-state index in [0.717, 1.165) is 10.9 Å². The minimum atomic E-state index is -0.569. The molecule has 1 amide bonds. The summed E-state index contributed by atoms with van der Waals surface area (Å²) in [6, 6.07) is 11.8. The molecule has 0 aliphatic carbocycles. The maximum atomic E-state index is 14.1. The van der Waals surface area contributed by atoms with Crippen LogP contribution in [-0.2, 0) is 20.9 Å². The SMILES string of the molecule is CCOC(=O)C1CCN(c2nc(=O)n(CC(=O)Nc3ccc(C)cc3F)c3ccccc23)CC1. The first-order valence-electron chi connectivity index (χ1n) is 11.3. The molecule has 0 unspecified atom stereocenters. The third-order valence-corrected chi connectivity index (χ3v) is 5.98. The highest BCUT2D eigenvalue weighted by Gasteiger charge is 2.28. The Morgan fingerprint density at radius 2 is 1.91 bits per heavy atom. The number of aryl methyl sites for hydroxylation is 1. The Morgan fingerprint density at radius 3 is 2.62 bits per heavy atom. The summed E-state index contributed by atoms with van der Waals surface area (Å²) < 4.78 is 20.5. The van der Waals surface area contributed by atoms with Crippen LogP contribution in [0.25, 0.3) is 10.9 Å². The van der Waals surface area contributed by atoms with E-state index < -0.39 is 17.4 Å². The molecule has 1 fully saturated rings. The summed E-state index contributed by atoms with van der Waals surface area (Å²) >= 11 is 0. The van der Waals surface area contributed by atoms with Crippen molar-refractivity contribution in [1.29, 1.82) is 0 Å². The second kappa shape index (κ2) is 10.0. The molecule has 4 rings (SSSR count). The van der Waals surface area contributed by atoms with Gasteiger partial charge in [-0.1, -0.05) is 18.2 Å². The zero-order valence-electron chi connectivity index (χ0n) is 19.2. The average Bonchev–Trinajstić information content (AvgIpc) is 2.83. The fourth-order valence-corrected chi connectivity index (χ4v) is 4.25. The number of carbonyl (C=O) groups is 2. The van der Waals surface area contributed by atoms with Crippen molar-refractivity contribution in [1.82, 2.24) is 9.55 Å². The number of piperidine rings is 1. The van der Waals surface area contributed by atoms with Gasteiger partial charge >= 0.3 is 11.7 Å². The van der Waals surface area contributed by atoms with E-state index in [2.05, 4.69) is 10.3 Å². The summed E-state index contributed by atoms with van der Waals surface area (Å²) in [6.07, 6.45) is 1.23. The molecule has 8 nitrogen and oxygen atoms in total. The minimum absolute atomic E-state index is 0.0574. The molecule has 0 radical (unpaired) electrons. The van der Waals surface area contributed by atoms with Crippen LogP contribution in [0, 0.1) is 18.7 Å². The van der Waals surface area contributed by atoms with Crippen LogP contribution < -0.4 is 15.9 Å². The van der Waals surface area contributed by atoms with Gasteiger partial charge in [0.15, 0.2) is 0 Å². The number of nitrogens with one attached hydrogen (secondary N) is 1. The van der Waals surface area contributed by atoms with Crippen molar-refractivity contribution >= 4 is 34.3 Å². The largest absolute Gasteiger partial charge is 0.466 e. The van der Waals surface area contributed by atoms with E-state index >= 15 is 0 Å². The summed E-state index contributed by atoms with van der Waals surface area (Å²) in [5.41, 5.74) is 0.788. The number of amides is 1. The summed E-state index contributed by atoms with van der Waals surface area (Å²) in [6.45, 7) is 4.73. The molecule has 34 heavy (non-hydrogen) atoms. The Morgan fingerprint density at radius 1 is 1.18 bits per heavy atom. The molecule has 178 valence electrons. The number of rotatable bonds is 6. The zero-order valence-corrected chi connectivity index (χ0v) is 19.2. The lowest BCUT2D eigenvalue weighted by Gasteiger charge is -2.32. The van der Waals surface area contributed by atoms with Crippen LogP contribution in [0.1, 0.15) is 25.3 Å². The van der Waals surface area contributed by atoms with Crippen LogP contribution in [0.4, 0.5) is 15.9 Å². The number of carbonyl (C=O) groups excluding carboxylic acids is 2. The van der Waals surface area contributed by atoms with Gasteiger partial charge in [-0.3, -0.25) is 14.2 Å². The lowest BCUT2D eigenvalue weighted by Crippen LogP contribution is -2.39. The number of fused-ring (bicyclic) bond motifs is 1. The molecule has 0 spiro atoms. The van der Waals surface area contributed by atoms with E-state index in [-0.39, 0.29) is 24.1 Å². The molecule has 0 bridgehead atoms. The topological polar surface area (TPSA) is 93.5 Å². The number of anilines is 2. The Hall–Kier alpha value is -3.75. The van der Waals surface area contributed by atoms with Gasteiger partial charge in [0.05, 0.1) is 23.7 Å². The predicted molar refractivity (Wildman–Crippen MR) is 127 cm³/mol. The van der Waals surface area contributed by atoms with Gasteiger partial charge in [-0.25, -0.2) is 9.18 Å². The van der Waals surface area contributed by atoms with Gasteiger partial charge in [0.2, 0.25) is 5.91 Å². The number of para-hydroxylation sites is 1. The van der Waals surface area contributed by atoms with Crippen LogP contribution in [0.2, 0.25) is 0 Å². The number of nitrogens with zero attached hydrogens (tertiary/aromatic N) is 3. The summed E-state index contributed by atoms with van der Waals surface area (Å²) in [5, 5.41) is 3.25. The van der Waals surface area contributed by atoms with Crippen molar-refractivity contribution in [3.05, 3.63) is 64.3 Å². The van der Waals surface area contributed by atoms with Crippen molar-refractivity contribution in [2.45, 2.75) is 33.2 Å². The minimum Gasteiger partial charge on any atom is -0.466 e. The Bertz CT molecular complexity index is 1280. The molecule has 1 aliphatic rings. The predicted octanol–water partition coefficient (Wildman–Crippen LogP) is 3.26. The quantitative estimate of drug-likeness (QED) is 0.561. The van der Waals surface area contributed by atoms with E-state index in [9.17, 15) is 18.8 Å². The van der Waals surface area contributed by atoms with Gasteiger partial charge in [0.1, 0.15) is 18.2 Å². The monoisotopic (exact) mass is 466 g/mol. The van der Waals surface area contributed by atoms with Crippen LogP contribution in [0.5, 0.6) is 0 Å². The van der Waals surface area contributed by atoms with E-state index in [1.54, 1.807) is 32.0 Å². The van der Waals surface area contributed by atoms with Gasteiger partial charge < -0.3 is 15.0 Å². The Kier molecular flexibility index (Phi) is 6.90. The van der Waals surface area contributed by atoms with Crippen LogP contribution in [0.3, 0.4) is 0 Å². The first kappa shape index (κ1) is 23.4. The van der Waals surface area contributed by atoms with E-state index in [1.165, 1.54) is 16.7 Å². The van der Waals surface area contributed by atoms with E-state index in [1.807, 2.05) is 17.0 Å². The maximum absolute atomic E-state index is 14.1. The highest BCUT2D eigenvalue weighted by atomic mass is 19.1. The first-order valence-corrected chi connectivity index (χ1v) is 11.3. The maximum Gasteiger partial charge on any atom is 0.350 e. The number of aromatic nitrogens is 2. The van der Waals surface area contributed by atoms with Crippen LogP contribution in [0.15, 0.2) is 47.3 Å². The molecular formula is C25H27FN4O4. The van der Waals surface area contributed by atoms with Crippen LogP contribution >= 0.6 is 0 Å². The Labute approximate surface area is 196 Å².